The fourth-order valence-electron chi connectivity index (χ4n) is 4.71. The van der Waals surface area contributed by atoms with Gasteiger partial charge in [0.25, 0.3) is 5.91 Å². The molecule has 2 aromatic heterocycles. The molecule has 4 aromatic rings. The monoisotopic (exact) mass is 603 g/mol. The average molecular weight is 604 g/mol. The lowest BCUT2D eigenvalue weighted by atomic mass is 9.94. The van der Waals surface area contributed by atoms with E-state index in [1.54, 1.807) is 26.0 Å². The number of carbonyl (C=O) groups excluding carboxylic acids is 2. The molecule has 0 aliphatic rings. The second-order valence-corrected chi connectivity index (χ2v) is 10.4. The van der Waals surface area contributed by atoms with Crippen molar-refractivity contribution in [2.24, 2.45) is 11.7 Å². The van der Waals surface area contributed by atoms with Gasteiger partial charge >= 0.3 is 6.18 Å². The Hall–Kier alpha value is -4.68. The van der Waals surface area contributed by atoms with Crippen molar-refractivity contribution in [2.45, 2.75) is 44.9 Å². The number of nitrogens with zero attached hydrogens (tertiary/aromatic N) is 3. The van der Waals surface area contributed by atoms with Crippen LogP contribution in [-0.4, -0.2) is 26.6 Å². The first-order valence-corrected chi connectivity index (χ1v) is 13.1. The van der Waals surface area contributed by atoms with Crippen molar-refractivity contribution in [3.63, 3.8) is 0 Å². The van der Waals surface area contributed by atoms with E-state index in [1.807, 2.05) is 0 Å². The number of hydrogen-bond acceptors (Lipinski definition) is 4. The molecule has 0 spiro atoms. The number of amides is 2. The van der Waals surface area contributed by atoms with Gasteiger partial charge in [-0.25, -0.2) is 13.2 Å². The van der Waals surface area contributed by atoms with E-state index in [2.05, 4.69) is 15.4 Å². The molecule has 0 aliphatic carbocycles. The average Bonchev–Trinajstić information content (AvgIpc) is 3.42. The minimum absolute atomic E-state index is 0.112. The molecule has 3 N–H and O–H groups in total. The van der Waals surface area contributed by atoms with Gasteiger partial charge in [0, 0.05) is 24.0 Å². The molecule has 7 nitrogen and oxygen atoms in total. The lowest BCUT2D eigenvalue weighted by molar-refractivity contribution is -0.142. The third-order valence-corrected chi connectivity index (χ3v) is 6.61. The van der Waals surface area contributed by atoms with Crippen molar-refractivity contribution in [1.82, 2.24) is 20.1 Å². The number of carbonyl (C=O) groups is 2. The summed E-state index contributed by atoms with van der Waals surface area (Å²) in [5.41, 5.74) is 4.73. The van der Waals surface area contributed by atoms with Gasteiger partial charge in [0.2, 0.25) is 5.91 Å². The number of nitrogens with two attached hydrogens (primary N) is 1. The predicted molar refractivity (Wildman–Crippen MR) is 145 cm³/mol. The minimum atomic E-state index is -4.73. The van der Waals surface area contributed by atoms with Crippen molar-refractivity contribution in [1.29, 1.82) is 0 Å². The quantitative estimate of drug-likeness (QED) is 0.212. The van der Waals surface area contributed by atoms with Crippen LogP contribution in [0.4, 0.5) is 26.3 Å². The standard InChI is InChI=1S/C30H27F6N5O2/c1-16(2)10-25(41-9-7-26(40-41)30(34,35)36)29(43)39-24(13-17-11-19(31)15-20(32)12-17)27-21(4-3-8-38-27)18-5-6-23(33)22(14-18)28(37)42/h3-9,11-12,14-16,24-25H,10,13H2,1-2H3,(H2,37,42)(H,39,43)/t24-,25?/m0/s1. The third kappa shape index (κ3) is 7.59. The van der Waals surface area contributed by atoms with E-state index in [0.717, 1.165) is 35.1 Å². The molecule has 2 aromatic carbocycles. The summed E-state index contributed by atoms with van der Waals surface area (Å²) in [7, 11) is 0. The highest BCUT2D eigenvalue weighted by atomic mass is 19.4. The maximum absolute atomic E-state index is 14.2. The number of nitrogens with one attached hydrogen (secondary N) is 1. The first kappa shape index (κ1) is 31.3. The van der Waals surface area contributed by atoms with Crippen LogP contribution in [0.3, 0.4) is 0 Å². The summed E-state index contributed by atoms with van der Waals surface area (Å²) < 4.78 is 83.2. The molecule has 0 saturated heterocycles. The maximum atomic E-state index is 14.2. The SMILES string of the molecule is CC(C)CC(C(=O)N[C@@H](Cc1cc(F)cc(F)c1)c1ncccc1-c1ccc(F)c(C(N)=O)c1)n1ccc(C(F)(F)F)n1. The van der Waals surface area contributed by atoms with Crippen LogP contribution in [0.2, 0.25) is 0 Å². The Morgan fingerprint density at radius 3 is 2.30 bits per heavy atom. The van der Waals surface area contributed by atoms with Gasteiger partial charge < -0.3 is 11.1 Å². The van der Waals surface area contributed by atoms with Gasteiger partial charge in [-0.2, -0.15) is 18.3 Å². The second kappa shape index (κ2) is 12.7. The highest BCUT2D eigenvalue weighted by Gasteiger charge is 2.35. The molecule has 0 bridgehead atoms. The Morgan fingerprint density at radius 2 is 1.70 bits per heavy atom. The van der Waals surface area contributed by atoms with Crippen LogP contribution < -0.4 is 11.1 Å². The van der Waals surface area contributed by atoms with Gasteiger partial charge in [0.15, 0.2) is 5.69 Å². The summed E-state index contributed by atoms with van der Waals surface area (Å²) in [6.07, 6.45) is -2.34. The molecule has 226 valence electrons. The summed E-state index contributed by atoms with van der Waals surface area (Å²) in [4.78, 5) is 29.9. The molecule has 0 fully saturated rings. The molecule has 1 unspecified atom stereocenters. The first-order chi connectivity index (χ1) is 20.2. The summed E-state index contributed by atoms with van der Waals surface area (Å²) in [6, 6.07) is 8.08. The highest BCUT2D eigenvalue weighted by Crippen LogP contribution is 2.32. The Morgan fingerprint density at radius 1 is 1.00 bits per heavy atom. The number of pyridine rings is 1. The fraction of sp³-hybridized carbons (Fsp3) is 0.267. The van der Waals surface area contributed by atoms with Crippen molar-refractivity contribution >= 4 is 11.8 Å². The molecule has 0 saturated carbocycles. The van der Waals surface area contributed by atoms with Gasteiger partial charge in [0.05, 0.1) is 17.3 Å². The number of halogens is 6. The Bertz CT molecular complexity index is 1620. The van der Waals surface area contributed by atoms with Crippen LogP contribution >= 0.6 is 0 Å². The zero-order chi connectivity index (χ0) is 31.5. The molecule has 2 amide bonds. The van der Waals surface area contributed by atoms with Crippen molar-refractivity contribution in [2.75, 3.05) is 0 Å². The lowest BCUT2D eigenvalue weighted by Gasteiger charge is -2.25. The van der Waals surface area contributed by atoms with E-state index in [0.29, 0.717) is 17.2 Å². The molecule has 0 aliphatic heterocycles. The summed E-state index contributed by atoms with van der Waals surface area (Å²) in [6.45, 7) is 3.56. The van der Waals surface area contributed by atoms with E-state index in [9.17, 15) is 35.9 Å². The van der Waals surface area contributed by atoms with E-state index in [-0.39, 0.29) is 30.0 Å². The third-order valence-electron chi connectivity index (χ3n) is 6.61. The molecule has 0 radical (unpaired) electrons. The maximum Gasteiger partial charge on any atom is 0.435 e. The highest BCUT2D eigenvalue weighted by molar-refractivity contribution is 5.94. The Balaban J connectivity index is 1.80. The van der Waals surface area contributed by atoms with E-state index < -0.39 is 58.8 Å². The molecule has 2 heterocycles. The molecular formula is C30H27F6N5O2. The van der Waals surface area contributed by atoms with Crippen molar-refractivity contribution < 1.29 is 35.9 Å². The Kier molecular flexibility index (Phi) is 9.22. The number of aromatic nitrogens is 3. The lowest BCUT2D eigenvalue weighted by Crippen LogP contribution is -2.37. The summed E-state index contributed by atoms with van der Waals surface area (Å²) in [5, 5.41) is 6.36. The van der Waals surface area contributed by atoms with Crippen molar-refractivity contribution in [3.05, 3.63) is 107 Å². The number of alkyl halides is 3. The van der Waals surface area contributed by atoms with Crippen LogP contribution in [0.1, 0.15) is 59.7 Å². The van der Waals surface area contributed by atoms with E-state index >= 15 is 0 Å². The van der Waals surface area contributed by atoms with E-state index in [1.165, 1.54) is 18.3 Å². The van der Waals surface area contributed by atoms with Gasteiger partial charge in [0.1, 0.15) is 23.5 Å². The zero-order valence-corrected chi connectivity index (χ0v) is 23.0. The summed E-state index contributed by atoms with van der Waals surface area (Å²) >= 11 is 0. The summed E-state index contributed by atoms with van der Waals surface area (Å²) in [5.74, 6) is -4.45. The van der Waals surface area contributed by atoms with Crippen molar-refractivity contribution in [3.8, 4) is 11.1 Å². The van der Waals surface area contributed by atoms with Crippen LogP contribution in [0, 0.1) is 23.4 Å². The molecule has 13 heteroatoms. The minimum Gasteiger partial charge on any atom is -0.366 e. The number of primary amides is 1. The predicted octanol–water partition coefficient (Wildman–Crippen LogP) is 6.17. The molecular weight excluding hydrogens is 576 g/mol. The normalized spacial score (nSPS) is 13.1. The van der Waals surface area contributed by atoms with Crippen LogP contribution in [0.25, 0.3) is 11.1 Å². The van der Waals surface area contributed by atoms with Crippen LogP contribution in [0.15, 0.2) is 67.0 Å². The van der Waals surface area contributed by atoms with Gasteiger partial charge in [-0.1, -0.05) is 26.0 Å². The van der Waals surface area contributed by atoms with E-state index in [4.69, 9.17) is 5.73 Å². The molecule has 43 heavy (non-hydrogen) atoms. The topological polar surface area (TPSA) is 103 Å². The zero-order valence-electron chi connectivity index (χ0n) is 23.0. The number of benzene rings is 2. The van der Waals surface area contributed by atoms with Crippen LogP contribution in [0.5, 0.6) is 0 Å². The van der Waals surface area contributed by atoms with Crippen LogP contribution in [-0.2, 0) is 17.4 Å². The molecule has 2 atom stereocenters. The number of hydrogen-bond donors (Lipinski definition) is 2. The second-order valence-electron chi connectivity index (χ2n) is 10.4. The van der Waals surface area contributed by atoms with Gasteiger partial charge in [-0.15, -0.1) is 0 Å². The van der Waals surface area contributed by atoms with Gasteiger partial charge in [-0.3, -0.25) is 19.3 Å². The smallest absolute Gasteiger partial charge is 0.366 e. The fourth-order valence-corrected chi connectivity index (χ4v) is 4.71. The van der Waals surface area contributed by atoms with Gasteiger partial charge in [-0.05, 0) is 66.3 Å². The number of rotatable bonds is 10. The Labute approximate surface area is 242 Å². The molecule has 4 rings (SSSR count). The first-order valence-electron chi connectivity index (χ1n) is 13.1. The largest absolute Gasteiger partial charge is 0.435 e.